The summed E-state index contributed by atoms with van der Waals surface area (Å²) in [6.45, 7) is 14.6. The van der Waals surface area contributed by atoms with Gasteiger partial charge >= 0.3 is 0 Å². The fourth-order valence-corrected chi connectivity index (χ4v) is 11.8. The zero-order valence-corrected chi connectivity index (χ0v) is 41.8. The molecule has 2 fully saturated rings. The molecule has 0 aliphatic carbocycles. The molecule has 0 bridgehead atoms. The highest BCUT2D eigenvalue weighted by atomic mass is 32.1. The molecule has 0 radical (unpaired) electrons. The number of ether oxygens (including phenoxy) is 1. The number of benzene rings is 2. The van der Waals surface area contributed by atoms with Crippen molar-refractivity contribution in [2.24, 2.45) is 11.8 Å². The smallest absolute Gasteiger partial charge is 0.243 e. The van der Waals surface area contributed by atoms with Gasteiger partial charge in [0.2, 0.25) is 23.6 Å². The first-order chi connectivity index (χ1) is 32.6. The Hall–Kier alpha value is -5.66. The maximum absolute atomic E-state index is 14.5. The molecule has 0 saturated carbocycles. The molecule has 2 aliphatic heterocycles. The molecule has 8 rings (SSSR count). The van der Waals surface area contributed by atoms with Gasteiger partial charge in [0, 0.05) is 55.8 Å². The Morgan fingerprint density at radius 3 is 1.78 bits per heavy atom. The Balaban J connectivity index is 0.915. The maximum Gasteiger partial charge on any atom is 0.243 e. The molecule has 0 unspecified atom stereocenters. The van der Waals surface area contributed by atoms with E-state index in [1.807, 2.05) is 114 Å². The van der Waals surface area contributed by atoms with Crippen LogP contribution in [0.1, 0.15) is 97.0 Å². The first-order valence-electron chi connectivity index (χ1n) is 23.1. The number of nitrogens with one attached hydrogen (secondary N) is 3. The van der Waals surface area contributed by atoms with Crippen LogP contribution in [-0.2, 0) is 43.6 Å². The number of aryl methyl sites for hydroxylation is 3. The Bertz CT molecular complexity index is 2710. The number of aliphatic hydroxyl groups excluding tert-OH is 1. The van der Waals surface area contributed by atoms with Crippen molar-refractivity contribution < 1.29 is 29.0 Å². The molecular weight excluding hydrogens is 919 g/mol. The average Bonchev–Trinajstić information content (AvgIpc) is 4.19. The molecule has 358 valence electrons. The summed E-state index contributed by atoms with van der Waals surface area (Å²) in [6.07, 6.45) is 0.833. The van der Waals surface area contributed by atoms with Gasteiger partial charge < -0.3 is 35.3 Å². The van der Waals surface area contributed by atoms with Gasteiger partial charge in [-0.25, -0.2) is 15.0 Å². The molecule has 6 atom stereocenters. The van der Waals surface area contributed by atoms with E-state index in [1.54, 1.807) is 33.8 Å². The van der Waals surface area contributed by atoms with Crippen LogP contribution in [0.15, 0.2) is 71.8 Å². The highest BCUT2D eigenvalue weighted by Gasteiger charge is 2.45. The topological polar surface area (TPSA) is 196 Å². The molecule has 6 heterocycles. The van der Waals surface area contributed by atoms with Crippen molar-refractivity contribution >= 4 is 57.8 Å². The van der Waals surface area contributed by atoms with E-state index < -0.39 is 36.1 Å². The number of aromatic amines is 1. The zero-order valence-electron chi connectivity index (χ0n) is 39.4. The number of thiazole rings is 2. The molecule has 4 N–H and O–H groups in total. The SMILES string of the molecule is Cc1cnc([C@H](C(=O)N2C[C@H](OCc3cc([C@H](C(=O)N4C[C@H](O)C[C@H]4C(=O)NCc4ccc(-c5scnc5C)cc4)C(C)C)sn3)C[C@H]2C(=O)NCc2ccc(-c3scnc3C)cc2)C(C)C)[nH]1. The third kappa shape index (κ3) is 10.9. The molecule has 0 spiro atoms. The van der Waals surface area contributed by atoms with E-state index >= 15 is 0 Å². The van der Waals surface area contributed by atoms with Gasteiger partial charge in [-0.15, -0.1) is 22.7 Å². The Labute approximate surface area is 409 Å². The van der Waals surface area contributed by atoms with Gasteiger partial charge in [0.25, 0.3) is 0 Å². The van der Waals surface area contributed by atoms with E-state index in [9.17, 15) is 24.3 Å². The van der Waals surface area contributed by atoms with Crippen LogP contribution in [0.4, 0.5) is 0 Å². The van der Waals surface area contributed by atoms with Gasteiger partial charge in [0.1, 0.15) is 17.9 Å². The van der Waals surface area contributed by atoms with Crippen molar-refractivity contribution in [1.82, 2.24) is 44.7 Å². The number of β-amino-alcohol motifs (C(OH)–C–C–N with tert-alkyl or cyclic N) is 1. The predicted octanol–water partition coefficient (Wildman–Crippen LogP) is 7.30. The van der Waals surface area contributed by atoms with E-state index in [0.717, 1.165) is 54.0 Å². The highest BCUT2D eigenvalue weighted by Crippen LogP contribution is 2.35. The van der Waals surface area contributed by atoms with Crippen LogP contribution in [0.3, 0.4) is 0 Å². The van der Waals surface area contributed by atoms with Crippen LogP contribution in [-0.4, -0.2) is 100 Å². The standard InChI is InChI=1S/C50H59N9O6S3/c1-27(2)42(49(63)58-22-37(60)17-39(58)47(61)52-20-32-8-12-34(13-9-32)44-30(6)54-25-66-44)41-16-36(57-68-41)24-65-38-18-40(59(23-38)50(64)43(28(3)4)46-51-19-29(5)56-46)48(62)53-21-33-10-14-35(15-11-33)45-31(7)55-26-67-45/h8-16,19,25-28,37-40,42-43,60H,17-18,20-24H2,1-7H3,(H,51,56)(H,52,61)(H,53,62)/t37-,38-,39+,40+,42-,43-/m1/s1. The second kappa shape index (κ2) is 21.3. The van der Waals surface area contributed by atoms with Crippen LogP contribution in [0.5, 0.6) is 0 Å². The number of carbonyl (C=O) groups excluding carboxylic acids is 4. The lowest BCUT2D eigenvalue weighted by Gasteiger charge is -2.29. The fourth-order valence-electron chi connectivity index (χ4n) is 9.18. The summed E-state index contributed by atoms with van der Waals surface area (Å²) in [5.41, 5.74) is 11.0. The average molecular weight is 978 g/mol. The number of hydrogen-bond acceptors (Lipinski definition) is 13. The van der Waals surface area contributed by atoms with Gasteiger partial charge in [-0.1, -0.05) is 76.2 Å². The minimum absolute atomic E-state index is 0.0557. The maximum atomic E-state index is 14.5. The predicted molar refractivity (Wildman–Crippen MR) is 264 cm³/mol. The van der Waals surface area contributed by atoms with Gasteiger partial charge in [0.15, 0.2) is 0 Å². The number of nitrogens with zero attached hydrogens (tertiary/aromatic N) is 6. The number of amides is 4. The van der Waals surface area contributed by atoms with Gasteiger partial charge in [-0.2, -0.15) is 4.37 Å². The lowest BCUT2D eigenvalue weighted by Crippen LogP contribution is -2.48. The van der Waals surface area contributed by atoms with E-state index in [2.05, 4.69) is 34.9 Å². The molecular formula is C50H59N9O6S3. The van der Waals surface area contributed by atoms with E-state index in [1.165, 1.54) is 16.4 Å². The van der Waals surface area contributed by atoms with Crippen LogP contribution in [0, 0.1) is 32.6 Å². The van der Waals surface area contributed by atoms with Crippen molar-refractivity contribution in [3.05, 3.63) is 116 Å². The molecule has 6 aromatic rings. The molecule has 15 nitrogen and oxygen atoms in total. The minimum atomic E-state index is -0.830. The molecule has 2 saturated heterocycles. The summed E-state index contributed by atoms with van der Waals surface area (Å²) in [4.78, 5) is 79.1. The number of imidazole rings is 1. The zero-order chi connectivity index (χ0) is 48.2. The molecule has 4 aromatic heterocycles. The fraction of sp³-hybridized carbons (Fsp3) is 0.440. The lowest BCUT2D eigenvalue weighted by molar-refractivity contribution is -0.140. The number of H-pyrrole nitrogens is 1. The van der Waals surface area contributed by atoms with Crippen molar-refractivity contribution in [2.75, 3.05) is 13.1 Å². The van der Waals surface area contributed by atoms with Gasteiger partial charge in [-0.05, 0) is 72.5 Å². The number of carbonyl (C=O) groups is 4. The minimum Gasteiger partial charge on any atom is -0.391 e. The monoisotopic (exact) mass is 977 g/mol. The number of likely N-dealkylation sites (tertiary alicyclic amines) is 2. The summed E-state index contributed by atoms with van der Waals surface area (Å²) in [7, 11) is 0. The van der Waals surface area contributed by atoms with E-state index in [0.29, 0.717) is 11.5 Å². The normalized spacial score (nSPS) is 19.2. The van der Waals surface area contributed by atoms with Gasteiger partial charge in [0.05, 0.1) is 68.5 Å². The molecule has 2 aromatic carbocycles. The van der Waals surface area contributed by atoms with Crippen LogP contribution in [0.2, 0.25) is 0 Å². The van der Waals surface area contributed by atoms with Crippen LogP contribution < -0.4 is 10.6 Å². The third-order valence-corrected chi connectivity index (χ3v) is 15.7. The number of rotatable bonds is 17. The summed E-state index contributed by atoms with van der Waals surface area (Å²) in [6, 6.07) is 16.3. The van der Waals surface area contributed by atoms with Crippen molar-refractivity contribution in [3.63, 3.8) is 0 Å². The van der Waals surface area contributed by atoms with Gasteiger partial charge in [-0.3, -0.25) is 19.2 Å². The summed E-state index contributed by atoms with van der Waals surface area (Å²) < 4.78 is 11.1. The lowest BCUT2D eigenvalue weighted by atomic mass is 9.92. The number of aliphatic hydroxyl groups is 1. The van der Waals surface area contributed by atoms with E-state index in [-0.39, 0.29) is 81.1 Å². The van der Waals surface area contributed by atoms with E-state index in [4.69, 9.17) is 4.74 Å². The molecule has 4 amide bonds. The van der Waals surface area contributed by atoms with Crippen molar-refractivity contribution in [2.45, 2.75) is 117 Å². The Kier molecular flexibility index (Phi) is 15.3. The third-order valence-electron chi connectivity index (χ3n) is 12.8. The second-order valence-corrected chi connectivity index (χ2v) is 21.1. The Morgan fingerprint density at radius 1 is 0.750 bits per heavy atom. The highest BCUT2D eigenvalue weighted by molar-refractivity contribution is 7.13. The quantitative estimate of drug-likeness (QED) is 0.0721. The summed E-state index contributed by atoms with van der Waals surface area (Å²) in [5, 5.41) is 16.8. The van der Waals surface area contributed by atoms with Crippen molar-refractivity contribution in [3.8, 4) is 20.9 Å². The molecule has 2 aliphatic rings. The largest absolute Gasteiger partial charge is 0.391 e. The molecule has 68 heavy (non-hydrogen) atoms. The van der Waals surface area contributed by atoms with Crippen LogP contribution >= 0.6 is 34.2 Å². The molecule has 18 heteroatoms. The first-order valence-corrected chi connectivity index (χ1v) is 25.6. The van der Waals surface area contributed by atoms with Crippen molar-refractivity contribution in [1.29, 1.82) is 0 Å². The number of aromatic nitrogens is 5. The second-order valence-electron chi connectivity index (χ2n) is 18.5. The summed E-state index contributed by atoms with van der Waals surface area (Å²) in [5.74, 6) is -1.90. The number of hydrogen-bond donors (Lipinski definition) is 4. The van der Waals surface area contributed by atoms with Crippen LogP contribution in [0.25, 0.3) is 20.9 Å². The Morgan fingerprint density at radius 2 is 1.28 bits per heavy atom. The first kappa shape index (κ1) is 48.8. The summed E-state index contributed by atoms with van der Waals surface area (Å²) >= 11 is 4.38.